The van der Waals surface area contributed by atoms with Crippen molar-refractivity contribution in [1.29, 1.82) is 0 Å². The van der Waals surface area contributed by atoms with E-state index in [4.69, 9.17) is 0 Å². The largest absolute Gasteiger partial charge is 0.335 e. The maximum absolute atomic E-state index is 12.2. The second kappa shape index (κ2) is 5.11. The molecule has 0 bridgehead atoms. The molecule has 1 aromatic carbocycles. The molecule has 1 N–H and O–H groups in total. The van der Waals surface area contributed by atoms with Gasteiger partial charge in [0, 0.05) is 31.5 Å². The monoisotopic (exact) mass is 244 g/mol. The van der Waals surface area contributed by atoms with Crippen LogP contribution in [-0.2, 0) is 11.3 Å². The second-order valence-electron chi connectivity index (χ2n) is 5.39. The highest BCUT2D eigenvalue weighted by atomic mass is 16.2. The second-order valence-corrected chi connectivity index (χ2v) is 5.39. The van der Waals surface area contributed by atoms with E-state index >= 15 is 0 Å². The molecule has 2 fully saturated rings. The third-order valence-electron chi connectivity index (χ3n) is 4.16. The number of nitrogens with zero attached hydrogens (tertiary/aromatic N) is 1. The van der Waals surface area contributed by atoms with Gasteiger partial charge in [0.15, 0.2) is 0 Å². The van der Waals surface area contributed by atoms with Crippen molar-refractivity contribution in [2.24, 2.45) is 5.92 Å². The third kappa shape index (κ3) is 2.27. The first-order valence-corrected chi connectivity index (χ1v) is 6.89. The van der Waals surface area contributed by atoms with Crippen LogP contribution in [0.25, 0.3) is 0 Å². The predicted octanol–water partition coefficient (Wildman–Crippen LogP) is 1.79. The van der Waals surface area contributed by atoms with Crippen molar-refractivity contribution in [3.05, 3.63) is 35.9 Å². The molecule has 18 heavy (non-hydrogen) atoms. The van der Waals surface area contributed by atoms with Crippen LogP contribution in [0.3, 0.4) is 0 Å². The lowest BCUT2D eigenvalue weighted by Crippen LogP contribution is -2.35. The van der Waals surface area contributed by atoms with E-state index in [1.54, 1.807) is 0 Å². The van der Waals surface area contributed by atoms with E-state index < -0.39 is 0 Å². The van der Waals surface area contributed by atoms with Crippen LogP contribution in [0.1, 0.15) is 24.8 Å². The average molecular weight is 244 g/mol. The molecule has 96 valence electrons. The minimum Gasteiger partial charge on any atom is -0.335 e. The number of fused-ring (bicyclic) bond motifs is 1. The highest BCUT2D eigenvalue weighted by Crippen LogP contribution is 2.31. The van der Waals surface area contributed by atoms with E-state index in [0.29, 0.717) is 17.9 Å². The lowest BCUT2D eigenvalue weighted by Gasteiger charge is -2.26. The minimum absolute atomic E-state index is 0.331. The van der Waals surface area contributed by atoms with Crippen LogP contribution >= 0.6 is 0 Å². The number of likely N-dealkylation sites (tertiary alicyclic amines) is 1. The Kier molecular flexibility index (Phi) is 3.33. The lowest BCUT2D eigenvalue weighted by molar-refractivity contribution is -0.129. The number of carbonyl (C=O) groups excluding carboxylic acids is 1. The number of hydrogen-bond acceptors (Lipinski definition) is 2. The fraction of sp³-hybridized carbons (Fsp3) is 0.533. The molecule has 0 aromatic heterocycles. The summed E-state index contributed by atoms with van der Waals surface area (Å²) < 4.78 is 0. The van der Waals surface area contributed by atoms with Crippen LogP contribution in [0.5, 0.6) is 0 Å². The molecule has 2 saturated heterocycles. The summed E-state index contributed by atoms with van der Waals surface area (Å²) in [5, 5.41) is 3.44. The Labute approximate surface area is 108 Å². The first kappa shape index (κ1) is 11.7. The highest BCUT2D eigenvalue weighted by Gasteiger charge is 2.39. The number of rotatable bonds is 2. The van der Waals surface area contributed by atoms with Gasteiger partial charge in [-0.25, -0.2) is 0 Å². The SMILES string of the molecule is O=C1C[C@@H]2CNCCC[C@H]2N1Cc1ccccc1. The molecule has 0 spiro atoms. The lowest BCUT2D eigenvalue weighted by atomic mass is 9.98. The zero-order valence-electron chi connectivity index (χ0n) is 10.6. The number of hydrogen-bond donors (Lipinski definition) is 1. The summed E-state index contributed by atoms with van der Waals surface area (Å²) >= 11 is 0. The van der Waals surface area contributed by atoms with Crippen molar-refractivity contribution in [3.8, 4) is 0 Å². The van der Waals surface area contributed by atoms with Gasteiger partial charge in [0.1, 0.15) is 0 Å². The van der Waals surface area contributed by atoms with Gasteiger partial charge in [0.2, 0.25) is 5.91 Å². The van der Waals surface area contributed by atoms with Crippen molar-refractivity contribution < 1.29 is 4.79 Å². The van der Waals surface area contributed by atoms with E-state index in [-0.39, 0.29) is 0 Å². The molecule has 0 saturated carbocycles. The van der Waals surface area contributed by atoms with Crippen LogP contribution in [0.2, 0.25) is 0 Å². The van der Waals surface area contributed by atoms with Gasteiger partial charge in [0.25, 0.3) is 0 Å². The average Bonchev–Trinajstić information content (AvgIpc) is 2.56. The maximum Gasteiger partial charge on any atom is 0.223 e. The summed E-state index contributed by atoms with van der Waals surface area (Å²) in [6, 6.07) is 10.8. The summed E-state index contributed by atoms with van der Waals surface area (Å²) in [7, 11) is 0. The van der Waals surface area contributed by atoms with Gasteiger partial charge in [-0.2, -0.15) is 0 Å². The Morgan fingerprint density at radius 3 is 2.94 bits per heavy atom. The van der Waals surface area contributed by atoms with E-state index in [1.807, 2.05) is 18.2 Å². The van der Waals surface area contributed by atoms with E-state index in [9.17, 15) is 4.79 Å². The summed E-state index contributed by atoms with van der Waals surface area (Å²) in [4.78, 5) is 14.3. The molecule has 3 heteroatoms. The normalized spacial score (nSPS) is 28.0. The zero-order valence-corrected chi connectivity index (χ0v) is 10.6. The molecule has 2 heterocycles. The topological polar surface area (TPSA) is 32.3 Å². The first-order valence-electron chi connectivity index (χ1n) is 6.89. The molecule has 0 radical (unpaired) electrons. The molecular formula is C15H20N2O. The Hall–Kier alpha value is -1.35. The fourth-order valence-corrected chi connectivity index (χ4v) is 3.23. The molecule has 2 atom stereocenters. The summed E-state index contributed by atoms with van der Waals surface area (Å²) in [6.45, 7) is 2.88. The number of benzene rings is 1. The molecule has 1 amide bonds. The Balaban J connectivity index is 1.76. The van der Waals surface area contributed by atoms with E-state index in [2.05, 4.69) is 22.3 Å². The van der Waals surface area contributed by atoms with Gasteiger partial charge in [-0.3, -0.25) is 4.79 Å². The van der Waals surface area contributed by atoms with Crippen molar-refractivity contribution in [3.63, 3.8) is 0 Å². The van der Waals surface area contributed by atoms with Gasteiger partial charge in [-0.05, 0) is 24.9 Å². The molecule has 3 rings (SSSR count). The Bertz CT molecular complexity index is 418. The highest BCUT2D eigenvalue weighted by molar-refractivity contribution is 5.79. The van der Waals surface area contributed by atoms with Crippen LogP contribution in [0, 0.1) is 5.92 Å². The van der Waals surface area contributed by atoms with Crippen molar-refractivity contribution in [2.75, 3.05) is 13.1 Å². The molecule has 0 unspecified atom stereocenters. The quantitative estimate of drug-likeness (QED) is 0.860. The van der Waals surface area contributed by atoms with Gasteiger partial charge in [-0.15, -0.1) is 0 Å². The summed E-state index contributed by atoms with van der Waals surface area (Å²) in [5.74, 6) is 0.848. The number of nitrogens with one attached hydrogen (secondary N) is 1. The van der Waals surface area contributed by atoms with Gasteiger partial charge >= 0.3 is 0 Å². The number of amides is 1. The van der Waals surface area contributed by atoms with E-state index in [1.165, 1.54) is 12.0 Å². The van der Waals surface area contributed by atoms with Crippen molar-refractivity contribution in [2.45, 2.75) is 31.8 Å². The Morgan fingerprint density at radius 1 is 1.28 bits per heavy atom. The van der Waals surface area contributed by atoms with Crippen molar-refractivity contribution in [1.82, 2.24) is 10.2 Å². The van der Waals surface area contributed by atoms with Gasteiger partial charge in [0.05, 0.1) is 0 Å². The standard InChI is InChI=1S/C15H20N2O/c18-15-9-13-10-16-8-4-7-14(13)17(15)11-12-5-2-1-3-6-12/h1-3,5-6,13-14,16H,4,7-11H2/t13-,14-/m1/s1. The zero-order chi connectivity index (χ0) is 12.4. The van der Waals surface area contributed by atoms with Gasteiger partial charge in [-0.1, -0.05) is 30.3 Å². The number of carbonyl (C=O) groups is 1. The van der Waals surface area contributed by atoms with Crippen LogP contribution in [0.15, 0.2) is 30.3 Å². The minimum atomic E-state index is 0.331. The Morgan fingerprint density at radius 2 is 2.11 bits per heavy atom. The third-order valence-corrected chi connectivity index (χ3v) is 4.16. The predicted molar refractivity (Wildman–Crippen MR) is 71.0 cm³/mol. The molecule has 0 aliphatic carbocycles. The van der Waals surface area contributed by atoms with Crippen LogP contribution in [-0.4, -0.2) is 29.9 Å². The maximum atomic E-state index is 12.2. The van der Waals surface area contributed by atoms with E-state index in [0.717, 1.165) is 32.5 Å². The fourth-order valence-electron chi connectivity index (χ4n) is 3.23. The van der Waals surface area contributed by atoms with Gasteiger partial charge < -0.3 is 10.2 Å². The van der Waals surface area contributed by atoms with Crippen molar-refractivity contribution >= 4 is 5.91 Å². The van der Waals surface area contributed by atoms with Crippen LogP contribution < -0.4 is 5.32 Å². The molecular weight excluding hydrogens is 224 g/mol. The molecule has 1 aromatic rings. The first-order chi connectivity index (χ1) is 8.84. The molecule has 2 aliphatic rings. The smallest absolute Gasteiger partial charge is 0.223 e. The summed E-state index contributed by atoms with van der Waals surface area (Å²) in [5.41, 5.74) is 1.24. The summed E-state index contributed by atoms with van der Waals surface area (Å²) in [6.07, 6.45) is 3.06. The molecule has 2 aliphatic heterocycles. The van der Waals surface area contributed by atoms with Crippen LogP contribution in [0.4, 0.5) is 0 Å². The molecule has 3 nitrogen and oxygen atoms in total.